The zero-order valence-corrected chi connectivity index (χ0v) is 18.4. The Morgan fingerprint density at radius 2 is 1.31 bits per heavy atom. The molecule has 0 aliphatic rings. The lowest BCUT2D eigenvalue weighted by atomic mass is 9.91. The molecule has 2 nitrogen and oxygen atoms in total. The standard InChI is InChI=1S/C29H21ClN2/c1-20-10-12-23(13-11-20)29-28(26-9-5-6-18-31-26)25(21-14-16-24(30)17-15-21)19-27(32-29)22-7-3-2-4-8-22/h2-19H,1H3. The van der Waals surface area contributed by atoms with Crippen molar-refractivity contribution in [3.8, 4) is 44.9 Å². The molecule has 0 amide bonds. The Hall–Kier alpha value is -3.75. The first-order valence-electron chi connectivity index (χ1n) is 10.5. The average molecular weight is 433 g/mol. The maximum Gasteiger partial charge on any atom is 0.0809 e. The number of nitrogens with zero attached hydrogens (tertiary/aromatic N) is 2. The van der Waals surface area contributed by atoms with Crippen molar-refractivity contribution in [3.05, 3.63) is 120 Å². The summed E-state index contributed by atoms with van der Waals surface area (Å²) in [4.78, 5) is 9.85. The Kier molecular flexibility index (Phi) is 5.53. The minimum atomic E-state index is 0.712. The van der Waals surface area contributed by atoms with Crippen LogP contribution >= 0.6 is 11.6 Å². The van der Waals surface area contributed by atoms with E-state index in [2.05, 4.69) is 61.5 Å². The lowest BCUT2D eigenvalue weighted by molar-refractivity contribution is 1.28. The van der Waals surface area contributed by atoms with Gasteiger partial charge in [0.25, 0.3) is 0 Å². The summed E-state index contributed by atoms with van der Waals surface area (Å²) in [7, 11) is 0. The molecular weight excluding hydrogens is 412 g/mol. The van der Waals surface area contributed by atoms with E-state index in [4.69, 9.17) is 21.6 Å². The van der Waals surface area contributed by atoms with Gasteiger partial charge >= 0.3 is 0 Å². The smallest absolute Gasteiger partial charge is 0.0809 e. The van der Waals surface area contributed by atoms with Crippen LogP contribution in [0.4, 0.5) is 0 Å². The maximum atomic E-state index is 6.20. The van der Waals surface area contributed by atoms with Crippen LogP contribution in [0.1, 0.15) is 5.56 Å². The summed E-state index contributed by atoms with van der Waals surface area (Å²) in [5.41, 5.74) is 9.23. The zero-order valence-electron chi connectivity index (χ0n) is 17.7. The second-order valence-electron chi connectivity index (χ2n) is 7.73. The number of benzene rings is 3. The second kappa shape index (κ2) is 8.78. The predicted molar refractivity (Wildman–Crippen MR) is 134 cm³/mol. The highest BCUT2D eigenvalue weighted by atomic mass is 35.5. The molecule has 0 aliphatic heterocycles. The van der Waals surface area contributed by atoms with Gasteiger partial charge < -0.3 is 0 Å². The lowest BCUT2D eigenvalue weighted by Crippen LogP contribution is -1.98. The third-order valence-electron chi connectivity index (χ3n) is 5.49. The van der Waals surface area contributed by atoms with Gasteiger partial charge in [-0.25, -0.2) is 4.98 Å². The van der Waals surface area contributed by atoms with Gasteiger partial charge in [-0.3, -0.25) is 4.98 Å². The van der Waals surface area contributed by atoms with Crippen molar-refractivity contribution in [1.82, 2.24) is 9.97 Å². The summed E-state index contributed by atoms with van der Waals surface area (Å²) in [6, 6.07) is 34.9. The minimum absolute atomic E-state index is 0.712. The first kappa shape index (κ1) is 20.2. The third-order valence-corrected chi connectivity index (χ3v) is 5.74. The van der Waals surface area contributed by atoms with Gasteiger partial charge in [0.1, 0.15) is 0 Å². The Morgan fingerprint density at radius 1 is 0.625 bits per heavy atom. The predicted octanol–water partition coefficient (Wildman–Crippen LogP) is 8.11. The van der Waals surface area contributed by atoms with Gasteiger partial charge in [-0.1, -0.05) is 90.0 Å². The molecule has 3 heteroatoms. The third kappa shape index (κ3) is 4.05. The molecule has 0 fully saturated rings. The lowest BCUT2D eigenvalue weighted by Gasteiger charge is -2.17. The highest BCUT2D eigenvalue weighted by Crippen LogP contribution is 2.40. The number of hydrogen-bond donors (Lipinski definition) is 0. The van der Waals surface area contributed by atoms with Crippen LogP contribution in [-0.2, 0) is 0 Å². The second-order valence-corrected chi connectivity index (χ2v) is 8.17. The molecular formula is C29H21ClN2. The van der Waals surface area contributed by atoms with Gasteiger partial charge in [0.05, 0.1) is 17.1 Å². The van der Waals surface area contributed by atoms with Crippen molar-refractivity contribution in [2.24, 2.45) is 0 Å². The molecule has 3 aromatic carbocycles. The van der Waals surface area contributed by atoms with Crippen molar-refractivity contribution >= 4 is 11.6 Å². The number of aryl methyl sites for hydroxylation is 1. The van der Waals surface area contributed by atoms with Gasteiger partial charge in [-0.15, -0.1) is 0 Å². The first-order valence-corrected chi connectivity index (χ1v) is 10.9. The van der Waals surface area contributed by atoms with Crippen molar-refractivity contribution in [1.29, 1.82) is 0 Å². The van der Waals surface area contributed by atoms with E-state index in [0.717, 1.165) is 44.9 Å². The van der Waals surface area contributed by atoms with E-state index in [-0.39, 0.29) is 0 Å². The van der Waals surface area contributed by atoms with Crippen LogP contribution in [0.5, 0.6) is 0 Å². The quantitative estimate of drug-likeness (QED) is 0.286. The summed E-state index contributed by atoms with van der Waals surface area (Å²) >= 11 is 6.20. The molecule has 0 N–H and O–H groups in total. The molecule has 0 saturated heterocycles. The van der Waals surface area contributed by atoms with Gasteiger partial charge in [-0.2, -0.15) is 0 Å². The molecule has 0 aliphatic carbocycles. The molecule has 2 aromatic heterocycles. The van der Waals surface area contributed by atoms with Crippen LogP contribution in [0.15, 0.2) is 109 Å². The molecule has 0 saturated carbocycles. The van der Waals surface area contributed by atoms with Crippen molar-refractivity contribution in [2.45, 2.75) is 6.92 Å². The molecule has 5 aromatic rings. The molecule has 0 radical (unpaired) electrons. The Morgan fingerprint density at radius 3 is 2.00 bits per heavy atom. The van der Waals surface area contributed by atoms with Crippen molar-refractivity contribution in [2.75, 3.05) is 0 Å². The average Bonchev–Trinajstić information content (AvgIpc) is 2.85. The summed E-state index contributed by atoms with van der Waals surface area (Å²) in [6.45, 7) is 2.09. The first-order chi connectivity index (χ1) is 15.7. The molecule has 0 atom stereocenters. The SMILES string of the molecule is Cc1ccc(-c2nc(-c3ccccc3)cc(-c3ccc(Cl)cc3)c2-c2ccccn2)cc1. The van der Waals surface area contributed by atoms with Crippen LogP contribution in [0.25, 0.3) is 44.9 Å². The molecule has 0 bridgehead atoms. The Bertz CT molecular complexity index is 1280. The number of hydrogen-bond acceptors (Lipinski definition) is 2. The molecule has 0 spiro atoms. The van der Waals surface area contributed by atoms with E-state index >= 15 is 0 Å². The fourth-order valence-electron chi connectivity index (χ4n) is 3.85. The van der Waals surface area contributed by atoms with Crippen molar-refractivity contribution in [3.63, 3.8) is 0 Å². The monoisotopic (exact) mass is 432 g/mol. The van der Waals surface area contributed by atoms with Gasteiger partial charge in [0.15, 0.2) is 0 Å². The van der Waals surface area contributed by atoms with E-state index in [9.17, 15) is 0 Å². The molecule has 154 valence electrons. The van der Waals surface area contributed by atoms with Gasteiger partial charge in [-0.05, 0) is 48.4 Å². The fourth-order valence-corrected chi connectivity index (χ4v) is 3.98. The van der Waals surface area contributed by atoms with Gasteiger partial charge in [0, 0.05) is 27.9 Å². The molecule has 2 heterocycles. The molecule has 32 heavy (non-hydrogen) atoms. The number of halogens is 1. The molecule has 0 unspecified atom stereocenters. The highest BCUT2D eigenvalue weighted by Gasteiger charge is 2.19. The van der Waals surface area contributed by atoms with Crippen LogP contribution in [0.3, 0.4) is 0 Å². The van der Waals surface area contributed by atoms with E-state index in [1.165, 1.54) is 5.56 Å². The fraction of sp³-hybridized carbons (Fsp3) is 0.0345. The summed E-state index contributed by atoms with van der Waals surface area (Å²) in [5, 5.41) is 0.712. The molecule has 5 rings (SSSR count). The van der Waals surface area contributed by atoms with E-state index in [1.54, 1.807) is 0 Å². The van der Waals surface area contributed by atoms with E-state index < -0.39 is 0 Å². The van der Waals surface area contributed by atoms with Crippen LogP contribution in [0, 0.1) is 6.92 Å². The number of aromatic nitrogens is 2. The van der Waals surface area contributed by atoms with Crippen LogP contribution in [0.2, 0.25) is 5.02 Å². The highest BCUT2D eigenvalue weighted by molar-refractivity contribution is 6.30. The zero-order chi connectivity index (χ0) is 21.9. The van der Waals surface area contributed by atoms with Crippen molar-refractivity contribution < 1.29 is 0 Å². The normalized spacial score (nSPS) is 10.8. The van der Waals surface area contributed by atoms with E-state index in [1.807, 2.05) is 54.7 Å². The van der Waals surface area contributed by atoms with Crippen LogP contribution < -0.4 is 0 Å². The number of pyridine rings is 2. The maximum absolute atomic E-state index is 6.20. The van der Waals surface area contributed by atoms with Gasteiger partial charge in [0.2, 0.25) is 0 Å². The summed E-state index contributed by atoms with van der Waals surface area (Å²) in [5.74, 6) is 0. The largest absolute Gasteiger partial charge is 0.256 e. The van der Waals surface area contributed by atoms with Crippen LogP contribution in [-0.4, -0.2) is 9.97 Å². The summed E-state index contributed by atoms with van der Waals surface area (Å²) in [6.07, 6.45) is 1.82. The topological polar surface area (TPSA) is 25.8 Å². The Labute approximate surface area is 193 Å². The Balaban J connectivity index is 1.86. The number of rotatable bonds is 4. The minimum Gasteiger partial charge on any atom is -0.256 e. The van der Waals surface area contributed by atoms with E-state index in [0.29, 0.717) is 5.02 Å². The summed E-state index contributed by atoms with van der Waals surface area (Å²) < 4.78 is 0.